The van der Waals surface area contributed by atoms with Gasteiger partial charge in [-0.15, -0.1) is 0 Å². The number of hydrogen-bond donors (Lipinski definition) is 1. The highest BCUT2D eigenvalue weighted by atomic mass is 32.1. The fraction of sp³-hybridized carbons (Fsp3) is 1.00. The van der Waals surface area contributed by atoms with Crippen LogP contribution in [0, 0.1) is 0 Å². The van der Waals surface area contributed by atoms with E-state index in [0.29, 0.717) is 0 Å². The summed E-state index contributed by atoms with van der Waals surface area (Å²) in [5, 5.41) is 0. The van der Waals surface area contributed by atoms with Crippen LogP contribution in [0.2, 0.25) is 0 Å². The second-order valence-corrected chi connectivity index (χ2v) is 4.43. The normalized spacial score (nSPS) is 11.1. The molecule has 0 aromatic rings. The molecule has 1 nitrogen and oxygen atoms in total. The highest BCUT2D eigenvalue weighted by Gasteiger charge is 2.02. The van der Waals surface area contributed by atoms with E-state index in [2.05, 4.69) is 31.4 Å². The average molecular weight is 217 g/mol. The third-order valence-electron chi connectivity index (χ3n) is 2.54. The fourth-order valence-corrected chi connectivity index (χ4v) is 1.74. The van der Waals surface area contributed by atoms with Gasteiger partial charge in [-0.05, 0) is 44.6 Å². The monoisotopic (exact) mass is 217 g/mol. The van der Waals surface area contributed by atoms with Gasteiger partial charge >= 0.3 is 0 Å². The molecule has 2 heteroatoms. The minimum Gasteiger partial charge on any atom is -0.303 e. The summed E-state index contributed by atoms with van der Waals surface area (Å²) < 4.78 is 0. The highest BCUT2D eigenvalue weighted by molar-refractivity contribution is 7.80. The average Bonchev–Trinajstić information content (AvgIpc) is 2.21. The minimum atomic E-state index is 1.02. The van der Waals surface area contributed by atoms with Crippen LogP contribution in [0.4, 0.5) is 0 Å². The lowest BCUT2D eigenvalue weighted by atomic mass is 10.2. The van der Waals surface area contributed by atoms with Crippen LogP contribution in [0.1, 0.15) is 52.4 Å². The fourth-order valence-electron chi connectivity index (χ4n) is 1.60. The van der Waals surface area contributed by atoms with Gasteiger partial charge in [0, 0.05) is 0 Å². The lowest BCUT2D eigenvalue weighted by molar-refractivity contribution is 0.265. The molecular weight excluding hydrogens is 190 g/mol. The smallest absolute Gasteiger partial charge is 0.00110 e. The Labute approximate surface area is 95.7 Å². The zero-order chi connectivity index (χ0) is 10.6. The molecule has 0 aliphatic carbocycles. The Morgan fingerprint density at radius 2 is 1.36 bits per heavy atom. The second kappa shape index (κ2) is 11.4. The maximum atomic E-state index is 4.27. The molecule has 0 atom stereocenters. The Bertz CT molecular complexity index is 98.5. The van der Waals surface area contributed by atoms with E-state index in [1.54, 1.807) is 0 Å². The summed E-state index contributed by atoms with van der Waals surface area (Å²) in [6, 6.07) is 0. The van der Waals surface area contributed by atoms with Crippen molar-refractivity contribution in [3.8, 4) is 0 Å². The molecule has 0 unspecified atom stereocenters. The number of hydrogen-bond acceptors (Lipinski definition) is 2. The van der Waals surface area contributed by atoms with Gasteiger partial charge in [0.05, 0.1) is 0 Å². The summed E-state index contributed by atoms with van der Waals surface area (Å²) >= 11 is 4.27. The van der Waals surface area contributed by atoms with Gasteiger partial charge in [-0.25, -0.2) is 0 Å². The van der Waals surface area contributed by atoms with E-state index >= 15 is 0 Å². The zero-order valence-electron chi connectivity index (χ0n) is 9.97. The Morgan fingerprint density at radius 3 is 1.93 bits per heavy atom. The first-order valence-electron chi connectivity index (χ1n) is 6.18. The van der Waals surface area contributed by atoms with E-state index in [-0.39, 0.29) is 0 Å². The van der Waals surface area contributed by atoms with Gasteiger partial charge in [0.25, 0.3) is 0 Å². The molecule has 86 valence electrons. The van der Waals surface area contributed by atoms with Crippen molar-refractivity contribution in [1.29, 1.82) is 0 Å². The van der Waals surface area contributed by atoms with Crippen molar-refractivity contribution in [2.45, 2.75) is 52.4 Å². The van der Waals surface area contributed by atoms with E-state index in [1.165, 1.54) is 58.2 Å². The van der Waals surface area contributed by atoms with Crippen molar-refractivity contribution in [3.63, 3.8) is 0 Å². The highest BCUT2D eigenvalue weighted by Crippen LogP contribution is 2.02. The van der Waals surface area contributed by atoms with Crippen molar-refractivity contribution < 1.29 is 0 Å². The molecule has 0 rings (SSSR count). The predicted octanol–water partition coefficient (Wildman–Crippen LogP) is 3.60. The Balaban J connectivity index is 3.49. The van der Waals surface area contributed by atoms with Gasteiger partial charge in [-0.1, -0.05) is 33.1 Å². The van der Waals surface area contributed by atoms with E-state index in [1.807, 2.05) is 0 Å². The van der Waals surface area contributed by atoms with Crippen LogP contribution < -0.4 is 0 Å². The van der Waals surface area contributed by atoms with Crippen LogP contribution in [0.25, 0.3) is 0 Å². The molecule has 0 aromatic carbocycles. The second-order valence-electron chi connectivity index (χ2n) is 3.98. The standard InChI is InChI=1S/C12H27NS/c1-3-5-7-10-13(9-6-4-2)11-8-12-14/h14H,3-12H2,1-2H3. The van der Waals surface area contributed by atoms with Crippen molar-refractivity contribution in [2.24, 2.45) is 0 Å². The van der Waals surface area contributed by atoms with E-state index in [0.717, 1.165) is 5.75 Å². The van der Waals surface area contributed by atoms with Gasteiger partial charge in [0.1, 0.15) is 0 Å². The summed E-state index contributed by atoms with van der Waals surface area (Å²) in [6.07, 6.45) is 7.97. The van der Waals surface area contributed by atoms with Crippen LogP contribution in [-0.2, 0) is 0 Å². The lowest BCUT2D eigenvalue weighted by Crippen LogP contribution is -2.27. The van der Waals surface area contributed by atoms with Crippen LogP contribution >= 0.6 is 12.6 Å². The molecule has 0 saturated heterocycles. The topological polar surface area (TPSA) is 3.24 Å². The quantitative estimate of drug-likeness (QED) is 0.432. The van der Waals surface area contributed by atoms with E-state index in [4.69, 9.17) is 0 Å². The molecule has 0 fully saturated rings. The van der Waals surface area contributed by atoms with Gasteiger partial charge in [0.2, 0.25) is 0 Å². The van der Waals surface area contributed by atoms with E-state index in [9.17, 15) is 0 Å². The molecule has 0 aliphatic rings. The van der Waals surface area contributed by atoms with Gasteiger partial charge in [0.15, 0.2) is 0 Å². The molecule has 0 radical (unpaired) electrons. The summed E-state index contributed by atoms with van der Waals surface area (Å²) in [6.45, 7) is 8.36. The molecule has 0 spiro atoms. The maximum absolute atomic E-state index is 4.27. The van der Waals surface area contributed by atoms with Crippen molar-refractivity contribution in [2.75, 3.05) is 25.4 Å². The van der Waals surface area contributed by atoms with Crippen LogP contribution in [-0.4, -0.2) is 30.3 Å². The first-order valence-corrected chi connectivity index (χ1v) is 6.81. The summed E-state index contributed by atoms with van der Waals surface area (Å²) in [7, 11) is 0. The number of unbranched alkanes of at least 4 members (excludes halogenated alkanes) is 3. The van der Waals surface area contributed by atoms with Gasteiger partial charge in [-0.2, -0.15) is 12.6 Å². The number of rotatable bonds is 10. The van der Waals surface area contributed by atoms with Crippen LogP contribution in [0.15, 0.2) is 0 Å². The van der Waals surface area contributed by atoms with Gasteiger partial charge in [-0.3, -0.25) is 0 Å². The van der Waals surface area contributed by atoms with Crippen LogP contribution in [0.3, 0.4) is 0 Å². The number of thiol groups is 1. The molecule has 0 bridgehead atoms. The van der Waals surface area contributed by atoms with Crippen molar-refractivity contribution in [1.82, 2.24) is 4.90 Å². The molecular formula is C12H27NS. The lowest BCUT2D eigenvalue weighted by Gasteiger charge is -2.21. The molecule has 0 aromatic heterocycles. The molecule has 0 heterocycles. The Kier molecular flexibility index (Phi) is 11.6. The summed E-state index contributed by atoms with van der Waals surface area (Å²) in [4.78, 5) is 2.61. The first kappa shape index (κ1) is 14.3. The van der Waals surface area contributed by atoms with Crippen molar-refractivity contribution >= 4 is 12.6 Å². The van der Waals surface area contributed by atoms with E-state index < -0.39 is 0 Å². The van der Waals surface area contributed by atoms with Crippen molar-refractivity contribution in [3.05, 3.63) is 0 Å². The molecule has 0 saturated carbocycles. The molecule has 0 amide bonds. The minimum absolute atomic E-state index is 1.02. The third-order valence-corrected chi connectivity index (χ3v) is 2.85. The molecule has 0 aliphatic heterocycles. The van der Waals surface area contributed by atoms with Gasteiger partial charge < -0.3 is 4.90 Å². The Morgan fingerprint density at radius 1 is 0.786 bits per heavy atom. The molecule has 14 heavy (non-hydrogen) atoms. The first-order chi connectivity index (χ1) is 6.85. The third kappa shape index (κ3) is 8.89. The zero-order valence-corrected chi connectivity index (χ0v) is 10.9. The largest absolute Gasteiger partial charge is 0.303 e. The summed E-state index contributed by atoms with van der Waals surface area (Å²) in [5.41, 5.74) is 0. The SMILES string of the molecule is CCCCCN(CCCC)CCCS. The summed E-state index contributed by atoms with van der Waals surface area (Å²) in [5.74, 6) is 1.02. The Hall–Kier alpha value is 0.310. The predicted molar refractivity (Wildman–Crippen MR) is 69.3 cm³/mol. The van der Waals surface area contributed by atoms with Crippen LogP contribution in [0.5, 0.6) is 0 Å². The maximum Gasteiger partial charge on any atom is -0.00110 e. The number of nitrogens with zero attached hydrogens (tertiary/aromatic N) is 1. The molecule has 0 N–H and O–H groups in total.